The first-order valence-corrected chi connectivity index (χ1v) is 6.61. The minimum absolute atomic E-state index is 0.629. The van der Waals surface area contributed by atoms with E-state index < -0.39 is 6.10 Å². The summed E-state index contributed by atoms with van der Waals surface area (Å²) in [5.41, 5.74) is 1.46. The van der Waals surface area contributed by atoms with E-state index >= 15 is 0 Å². The molecule has 0 aromatic heterocycles. The van der Waals surface area contributed by atoms with Crippen molar-refractivity contribution in [2.75, 3.05) is 14.2 Å². The highest BCUT2D eigenvalue weighted by atomic mass is 79.9. The first-order valence-electron chi connectivity index (χ1n) is 5.81. The molecule has 0 amide bonds. The molecule has 19 heavy (non-hydrogen) atoms. The second-order valence-electron chi connectivity index (χ2n) is 4.03. The van der Waals surface area contributed by atoms with E-state index in [4.69, 9.17) is 9.47 Å². The molecule has 4 heteroatoms. The lowest BCUT2D eigenvalue weighted by atomic mass is 10.0. The monoisotopic (exact) mass is 322 g/mol. The number of rotatable bonds is 4. The van der Waals surface area contributed by atoms with Gasteiger partial charge in [-0.3, -0.25) is 0 Å². The van der Waals surface area contributed by atoms with Crippen molar-refractivity contribution in [3.05, 3.63) is 58.1 Å². The zero-order chi connectivity index (χ0) is 13.8. The zero-order valence-corrected chi connectivity index (χ0v) is 12.3. The number of hydrogen-bond acceptors (Lipinski definition) is 3. The summed E-state index contributed by atoms with van der Waals surface area (Å²) in [7, 11) is 3.18. The summed E-state index contributed by atoms with van der Waals surface area (Å²) in [5, 5.41) is 10.5. The van der Waals surface area contributed by atoms with Gasteiger partial charge in [-0.15, -0.1) is 0 Å². The molecule has 2 aromatic rings. The normalized spacial score (nSPS) is 12.0. The van der Waals surface area contributed by atoms with Gasteiger partial charge in [-0.05, 0) is 29.8 Å². The number of halogens is 1. The third-order valence-electron chi connectivity index (χ3n) is 2.93. The van der Waals surface area contributed by atoms with E-state index in [1.54, 1.807) is 32.4 Å². The number of hydrogen-bond donors (Lipinski definition) is 1. The lowest BCUT2D eigenvalue weighted by Gasteiger charge is -2.17. The number of aliphatic hydroxyl groups excluding tert-OH is 1. The summed E-state index contributed by atoms with van der Waals surface area (Å²) in [6, 6.07) is 12.9. The van der Waals surface area contributed by atoms with E-state index in [1.165, 1.54) is 0 Å². The van der Waals surface area contributed by atoms with Gasteiger partial charge in [-0.1, -0.05) is 34.1 Å². The molecule has 0 radical (unpaired) electrons. The van der Waals surface area contributed by atoms with Gasteiger partial charge >= 0.3 is 0 Å². The van der Waals surface area contributed by atoms with Crippen LogP contribution in [-0.2, 0) is 0 Å². The number of aliphatic hydroxyl groups is 1. The fourth-order valence-corrected chi connectivity index (χ4v) is 2.42. The van der Waals surface area contributed by atoms with Crippen molar-refractivity contribution in [1.29, 1.82) is 0 Å². The van der Waals surface area contributed by atoms with Crippen molar-refractivity contribution in [3.63, 3.8) is 0 Å². The van der Waals surface area contributed by atoms with Crippen LogP contribution in [0.4, 0.5) is 0 Å². The molecule has 2 rings (SSSR count). The summed E-state index contributed by atoms with van der Waals surface area (Å²) < 4.78 is 11.3. The quantitative estimate of drug-likeness (QED) is 0.935. The van der Waals surface area contributed by atoms with Crippen LogP contribution in [0.15, 0.2) is 46.9 Å². The van der Waals surface area contributed by atoms with Crippen molar-refractivity contribution >= 4 is 15.9 Å². The van der Waals surface area contributed by atoms with Crippen LogP contribution in [0.3, 0.4) is 0 Å². The van der Waals surface area contributed by atoms with Gasteiger partial charge in [0.2, 0.25) is 0 Å². The Morgan fingerprint density at radius 3 is 2.37 bits per heavy atom. The van der Waals surface area contributed by atoms with Crippen molar-refractivity contribution in [2.24, 2.45) is 0 Å². The Kier molecular flexibility index (Phi) is 4.45. The highest BCUT2D eigenvalue weighted by Crippen LogP contribution is 2.35. The fourth-order valence-electron chi connectivity index (χ4n) is 1.92. The second kappa shape index (κ2) is 6.08. The van der Waals surface area contributed by atoms with Crippen LogP contribution in [0.2, 0.25) is 0 Å². The maximum Gasteiger partial charge on any atom is 0.125 e. The molecule has 0 fully saturated rings. The zero-order valence-electron chi connectivity index (χ0n) is 10.8. The van der Waals surface area contributed by atoms with Crippen LogP contribution in [0, 0.1) is 0 Å². The SMILES string of the molecule is COc1ccc(OC)c(C(O)c2ccccc2Br)c1. The predicted molar refractivity (Wildman–Crippen MR) is 77.7 cm³/mol. The lowest BCUT2D eigenvalue weighted by Crippen LogP contribution is -2.03. The van der Waals surface area contributed by atoms with Crippen molar-refractivity contribution in [2.45, 2.75) is 6.10 Å². The third kappa shape index (κ3) is 2.91. The van der Waals surface area contributed by atoms with Crippen LogP contribution in [0.25, 0.3) is 0 Å². The summed E-state index contributed by atoms with van der Waals surface area (Å²) in [5.74, 6) is 1.31. The Morgan fingerprint density at radius 2 is 1.74 bits per heavy atom. The highest BCUT2D eigenvalue weighted by Gasteiger charge is 2.18. The van der Waals surface area contributed by atoms with Crippen molar-refractivity contribution in [1.82, 2.24) is 0 Å². The van der Waals surface area contributed by atoms with Crippen LogP contribution in [0.1, 0.15) is 17.2 Å². The molecule has 0 aliphatic rings. The molecule has 0 saturated heterocycles. The molecular formula is C15H15BrO3. The first-order chi connectivity index (χ1) is 9.17. The molecule has 3 nitrogen and oxygen atoms in total. The molecule has 1 N–H and O–H groups in total. The fraction of sp³-hybridized carbons (Fsp3) is 0.200. The average Bonchev–Trinajstić information content (AvgIpc) is 2.46. The number of benzene rings is 2. The minimum Gasteiger partial charge on any atom is -0.497 e. The van der Waals surface area contributed by atoms with Gasteiger partial charge in [0.1, 0.15) is 17.6 Å². The molecule has 2 aromatic carbocycles. The molecule has 100 valence electrons. The summed E-state index contributed by atoms with van der Waals surface area (Å²) >= 11 is 3.44. The van der Waals surface area contributed by atoms with Crippen LogP contribution < -0.4 is 9.47 Å². The lowest BCUT2D eigenvalue weighted by molar-refractivity contribution is 0.213. The predicted octanol–water partition coefficient (Wildman–Crippen LogP) is 3.55. The summed E-state index contributed by atoms with van der Waals surface area (Å²) in [6.07, 6.45) is -0.777. The van der Waals surface area contributed by atoms with Gasteiger partial charge in [0.15, 0.2) is 0 Å². The van der Waals surface area contributed by atoms with E-state index in [2.05, 4.69) is 15.9 Å². The Labute approximate surface area is 120 Å². The molecule has 0 aliphatic carbocycles. The standard InChI is InChI=1S/C15H15BrO3/c1-18-10-7-8-14(19-2)12(9-10)15(17)11-5-3-4-6-13(11)16/h3-9,15,17H,1-2H3. The van der Waals surface area contributed by atoms with Gasteiger partial charge < -0.3 is 14.6 Å². The minimum atomic E-state index is -0.777. The smallest absolute Gasteiger partial charge is 0.125 e. The van der Waals surface area contributed by atoms with E-state index in [-0.39, 0.29) is 0 Å². The Balaban J connectivity index is 2.48. The molecule has 0 heterocycles. The molecule has 0 aliphatic heterocycles. The largest absolute Gasteiger partial charge is 0.497 e. The topological polar surface area (TPSA) is 38.7 Å². The van der Waals surface area contributed by atoms with Crippen LogP contribution in [-0.4, -0.2) is 19.3 Å². The van der Waals surface area contributed by atoms with Gasteiger partial charge in [-0.25, -0.2) is 0 Å². The van der Waals surface area contributed by atoms with Crippen molar-refractivity contribution in [3.8, 4) is 11.5 Å². The Bertz CT molecular complexity index is 569. The van der Waals surface area contributed by atoms with Crippen LogP contribution in [0.5, 0.6) is 11.5 Å². The van der Waals surface area contributed by atoms with Crippen LogP contribution >= 0.6 is 15.9 Å². The van der Waals surface area contributed by atoms with E-state index in [9.17, 15) is 5.11 Å². The molecule has 1 unspecified atom stereocenters. The van der Waals surface area contributed by atoms with Gasteiger partial charge in [0.05, 0.1) is 14.2 Å². The van der Waals surface area contributed by atoms with Crippen molar-refractivity contribution < 1.29 is 14.6 Å². The molecule has 0 saturated carbocycles. The molecule has 0 spiro atoms. The average molecular weight is 323 g/mol. The Hall–Kier alpha value is -1.52. The Morgan fingerprint density at radius 1 is 1.00 bits per heavy atom. The van der Waals surface area contributed by atoms with E-state index in [0.717, 1.165) is 10.0 Å². The molecule has 1 atom stereocenters. The second-order valence-corrected chi connectivity index (χ2v) is 4.89. The highest BCUT2D eigenvalue weighted by molar-refractivity contribution is 9.10. The number of ether oxygens (including phenoxy) is 2. The third-order valence-corrected chi connectivity index (χ3v) is 3.65. The molecular weight excluding hydrogens is 308 g/mol. The first kappa shape index (κ1) is 13.9. The van der Waals surface area contributed by atoms with Gasteiger partial charge in [-0.2, -0.15) is 0 Å². The van der Waals surface area contributed by atoms with E-state index in [0.29, 0.717) is 17.1 Å². The van der Waals surface area contributed by atoms with Gasteiger partial charge in [0, 0.05) is 10.0 Å². The number of methoxy groups -OCH3 is 2. The van der Waals surface area contributed by atoms with Gasteiger partial charge in [0.25, 0.3) is 0 Å². The maximum atomic E-state index is 10.5. The summed E-state index contributed by atoms with van der Waals surface area (Å²) in [6.45, 7) is 0. The van der Waals surface area contributed by atoms with E-state index in [1.807, 2.05) is 24.3 Å². The molecule has 0 bridgehead atoms. The maximum absolute atomic E-state index is 10.5. The summed E-state index contributed by atoms with van der Waals surface area (Å²) in [4.78, 5) is 0.